The number of ether oxygens (including phenoxy) is 1. The van der Waals surface area contributed by atoms with Gasteiger partial charge in [-0.15, -0.1) is 0 Å². The minimum atomic E-state index is 0.0223. The lowest BCUT2D eigenvalue weighted by Gasteiger charge is -2.45. The molecule has 5 nitrogen and oxygen atoms in total. The van der Waals surface area contributed by atoms with Crippen LogP contribution in [0.15, 0.2) is 0 Å². The number of rotatable bonds is 4. The Morgan fingerprint density at radius 2 is 1.95 bits per heavy atom. The predicted octanol–water partition coefficient (Wildman–Crippen LogP) is 0.685. The lowest BCUT2D eigenvalue weighted by atomic mass is 9.76. The number of morpholine rings is 1. The fourth-order valence-electron chi connectivity index (χ4n) is 3.32. The Kier molecular flexibility index (Phi) is 5.41. The van der Waals surface area contributed by atoms with Crippen LogP contribution in [0.1, 0.15) is 32.6 Å². The third kappa shape index (κ3) is 3.51. The molecule has 2 rings (SSSR count). The Hall–Kier alpha value is -0.650. The minimum Gasteiger partial charge on any atom is -0.378 e. The van der Waals surface area contributed by atoms with Crippen LogP contribution in [0.5, 0.6) is 0 Å². The van der Waals surface area contributed by atoms with E-state index in [1.54, 1.807) is 0 Å². The fraction of sp³-hybridized carbons (Fsp3) is 0.933. The Morgan fingerprint density at radius 1 is 1.35 bits per heavy atom. The van der Waals surface area contributed by atoms with Crippen LogP contribution in [0.4, 0.5) is 0 Å². The first-order valence-corrected chi connectivity index (χ1v) is 7.84. The first-order chi connectivity index (χ1) is 9.57. The average Bonchev–Trinajstić information content (AvgIpc) is 2.49. The molecule has 1 saturated carbocycles. The summed E-state index contributed by atoms with van der Waals surface area (Å²) in [7, 11) is 2.06. The minimum absolute atomic E-state index is 0.0223. The van der Waals surface area contributed by atoms with Crippen molar-refractivity contribution in [2.24, 2.45) is 11.7 Å². The van der Waals surface area contributed by atoms with Crippen LogP contribution >= 0.6 is 0 Å². The van der Waals surface area contributed by atoms with Gasteiger partial charge in [0, 0.05) is 25.2 Å². The molecule has 1 aliphatic heterocycles. The third-order valence-electron chi connectivity index (χ3n) is 5.13. The molecule has 1 aliphatic carbocycles. The molecule has 116 valence electrons. The van der Waals surface area contributed by atoms with E-state index in [9.17, 15) is 4.79 Å². The summed E-state index contributed by atoms with van der Waals surface area (Å²) in [6.45, 7) is 6.19. The summed E-state index contributed by atoms with van der Waals surface area (Å²) in [5.74, 6) is 1.00. The number of nitrogens with zero attached hydrogens (tertiary/aromatic N) is 2. The molecule has 0 spiro atoms. The Labute approximate surface area is 122 Å². The highest BCUT2D eigenvalue weighted by Crippen LogP contribution is 2.35. The summed E-state index contributed by atoms with van der Waals surface area (Å²) in [5, 5.41) is 0. The van der Waals surface area contributed by atoms with Crippen LogP contribution < -0.4 is 5.73 Å². The summed E-state index contributed by atoms with van der Waals surface area (Å²) in [6, 6.07) is 0. The molecule has 1 saturated heterocycles. The van der Waals surface area contributed by atoms with Gasteiger partial charge < -0.3 is 15.4 Å². The molecule has 0 bridgehead atoms. The van der Waals surface area contributed by atoms with Crippen molar-refractivity contribution in [1.29, 1.82) is 0 Å². The zero-order valence-corrected chi connectivity index (χ0v) is 12.9. The van der Waals surface area contributed by atoms with Crippen LogP contribution in [-0.2, 0) is 9.53 Å². The number of likely N-dealkylation sites (N-methyl/N-ethyl adjacent to an activating group) is 1. The number of hydrogen-bond donors (Lipinski definition) is 1. The molecular weight excluding hydrogens is 254 g/mol. The first-order valence-electron chi connectivity index (χ1n) is 7.84. The van der Waals surface area contributed by atoms with Gasteiger partial charge in [0.1, 0.15) is 0 Å². The van der Waals surface area contributed by atoms with Crippen LogP contribution in [0.25, 0.3) is 0 Å². The highest BCUT2D eigenvalue weighted by Gasteiger charge is 2.37. The van der Waals surface area contributed by atoms with Crippen molar-refractivity contribution in [2.75, 3.05) is 46.4 Å². The van der Waals surface area contributed by atoms with Crippen molar-refractivity contribution in [3.8, 4) is 0 Å². The summed E-state index contributed by atoms with van der Waals surface area (Å²) < 4.78 is 5.30. The highest BCUT2D eigenvalue weighted by molar-refractivity contribution is 5.78. The normalized spacial score (nSPS) is 31.6. The number of amides is 1. The van der Waals surface area contributed by atoms with Gasteiger partial charge in [-0.3, -0.25) is 9.69 Å². The summed E-state index contributed by atoms with van der Waals surface area (Å²) in [5.41, 5.74) is 6.07. The summed E-state index contributed by atoms with van der Waals surface area (Å²) in [4.78, 5) is 16.5. The molecule has 0 atom stereocenters. The number of hydrogen-bond acceptors (Lipinski definition) is 4. The van der Waals surface area contributed by atoms with Crippen LogP contribution in [0.3, 0.4) is 0 Å². The van der Waals surface area contributed by atoms with Crippen molar-refractivity contribution < 1.29 is 9.53 Å². The van der Waals surface area contributed by atoms with E-state index in [1.165, 1.54) is 12.8 Å². The second-order valence-corrected chi connectivity index (χ2v) is 6.46. The van der Waals surface area contributed by atoms with Gasteiger partial charge in [0.2, 0.25) is 5.91 Å². The molecule has 2 N–H and O–H groups in total. The highest BCUT2D eigenvalue weighted by atomic mass is 16.5. The third-order valence-corrected chi connectivity index (χ3v) is 5.13. The van der Waals surface area contributed by atoms with E-state index in [4.69, 9.17) is 10.5 Å². The maximum Gasteiger partial charge on any atom is 0.236 e. The fourth-order valence-corrected chi connectivity index (χ4v) is 3.32. The van der Waals surface area contributed by atoms with Gasteiger partial charge in [-0.05, 0) is 38.6 Å². The SMILES string of the molecule is CC1CCC(CN)(N(C)CC(=O)N2CCOCC2)CC1. The molecule has 0 aromatic carbocycles. The van der Waals surface area contributed by atoms with E-state index in [1.807, 2.05) is 4.90 Å². The maximum atomic E-state index is 12.4. The van der Waals surface area contributed by atoms with Gasteiger partial charge >= 0.3 is 0 Å². The lowest BCUT2D eigenvalue weighted by Crippen LogP contribution is -2.57. The molecule has 1 heterocycles. The molecule has 1 amide bonds. The maximum absolute atomic E-state index is 12.4. The van der Waals surface area contributed by atoms with E-state index in [0.717, 1.165) is 31.8 Å². The summed E-state index contributed by atoms with van der Waals surface area (Å²) in [6.07, 6.45) is 4.65. The van der Waals surface area contributed by atoms with Crippen molar-refractivity contribution >= 4 is 5.91 Å². The average molecular weight is 283 g/mol. The Morgan fingerprint density at radius 3 is 2.50 bits per heavy atom. The molecular formula is C15H29N3O2. The number of nitrogens with two attached hydrogens (primary N) is 1. The second kappa shape index (κ2) is 6.87. The van der Waals surface area contributed by atoms with Crippen LogP contribution in [0.2, 0.25) is 0 Å². The molecule has 0 unspecified atom stereocenters. The first kappa shape index (κ1) is 15.7. The van der Waals surface area contributed by atoms with Gasteiger partial charge in [0.05, 0.1) is 19.8 Å². The quantitative estimate of drug-likeness (QED) is 0.824. The topological polar surface area (TPSA) is 58.8 Å². The Bertz CT molecular complexity index is 321. The van der Waals surface area contributed by atoms with Gasteiger partial charge in [-0.25, -0.2) is 0 Å². The number of carbonyl (C=O) groups excluding carboxylic acids is 1. The predicted molar refractivity (Wildman–Crippen MR) is 79.4 cm³/mol. The second-order valence-electron chi connectivity index (χ2n) is 6.46. The summed E-state index contributed by atoms with van der Waals surface area (Å²) >= 11 is 0. The molecule has 0 aromatic rings. The Balaban J connectivity index is 1.91. The molecule has 2 fully saturated rings. The zero-order chi connectivity index (χ0) is 14.6. The van der Waals surface area contributed by atoms with Crippen molar-refractivity contribution in [3.05, 3.63) is 0 Å². The zero-order valence-electron chi connectivity index (χ0n) is 12.9. The van der Waals surface area contributed by atoms with E-state index in [2.05, 4.69) is 18.9 Å². The van der Waals surface area contributed by atoms with Crippen LogP contribution in [-0.4, -0.2) is 67.7 Å². The lowest BCUT2D eigenvalue weighted by molar-refractivity contribution is -0.138. The van der Waals surface area contributed by atoms with Crippen molar-refractivity contribution in [2.45, 2.75) is 38.1 Å². The molecule has 0 radical (unpaired) electrons. The monoisotopic (exact) mass is 283 g/mol. The van der Waals surface area contributed by atoms with Gasteiger partial charge in [-0.2, -0.15) is 0 Å². The van der Waals surface area contributed by atoms with E-state index in [-0.39, 0.29) is 11.4 Å². The molecule has 5 heteroatoms. The largest absolute Gasteiger partial charge is 0.378 e. The van der Waals surface area contributed by atoms with Gasteiger partial charge in [0.15, 0.2) is 0 Å². The standard InChI is InChI=1S/C15H29N3O2/c1-13-3-5-15(12-16,6-4-13)17(2)11-14(19)18-7-9-20-10-8-18/h13H,3-12,16H2,1-2H3. The van der Waals surface area contributed by atoms with Crippen LogP contribution in [0, 0.1) is 5.92 Å². The van der Waals surface area contributed by atoms with E-state index in [0.29, 0.717) is 26.3 Å². The molecule has 0 aromatic heterocycles. The van der Waals surface area contributed by atoms with E-state index >= 15 is 0 Å². The molecule has 20 heavy (non-hydrogen) atoms. The van der Waals surface area contributed by atoms with Gasteiger partial charge in [0.25, 0.3) is 0 Å². The van der Waals surface area contributed by atoms with Gasteiger partial charge in [-0.1, -0.05) is 6.92 Å². The molecule has 2 aliphatic rings. The van der Waals surface area contributed by atoms with Crippen molar-refractivity contribution in [1.82, 2.24) is 9.80 Å². The van der Waals surface area contributed by atoms with Crippen molar-refractivity contribution in [3.63, 3.8) is 0 Å². The number of carbonyl (C=O) groups is 1. The smallest absolute Gasteiger partial charge is 0.236 e. The van der Waals surface area contributed by atoms with E-state index < -0.39 is 0 Å².